The first-order valence-electron chi connectivity index (χ1n) is 6.02. The normalized spacial score (nSPS) is 10.7. The maximum absolute atomic E-state index is 12.1. The number of nitrogens with zero attached hydrogens (tertiary/aromatic N) is 2. The highest BCUT2D eigenvalue weighted by atomic mass is 16.6. The lowest BCUT2D eigenvalue weighted by molar-refractivity contribution is -0.122. The number of hydrogen-bond acceptors (Lipinski definition) is 4. The molecule has 0 radical (unpaired) electrons. The van der Waals surface area contributed by atoms with Gasteiger partial charge in [-0.15, -0.1) is 0 Å². The fourth-order valence-corrected chi connectivity index (χ4v) is 1.94. The Kier molecular flexibility index (Phi) is 6.02. The van der Waals surface area contributed by atoms with Crippen LogP contribution in [0.3, 0.4) is 0 Å². The summed E-state index contributed by atoms with van der Waals surface area (Å²) in [5.41, 5.74) is 2.97. The number of methoxy groups -OCH3 is 1. The number of carbonyl (C=O) groups is 1. The van der Waals surface area contributed by atoms with E-state index in [2.05, 4.69) is 9.99 Å². The summed E-state index contributed by atoms with van der Waals surface area (Å²) in [5, 5.41) is 3.68. The second-order valence-corrected chi connectivity index (χ2v) is 4.15. The topological polar surface area (TPSA) is 51.1 Å². The van der Waals surface area contributed by atoms with Crippen molar-refractivity contribution in [1.29, 1.82) is 0 Å². The average molecular weight is 264 g/mol. The van der Waals surface area contributed by atoms with Gasteiger partial charge in [0.05, 0.1) is 12.8 Å². The molecule has 0 saturated carbocycles. The van der Waals surface area contributed by atoms with E-state index < -0.39 is 0 Å². The van der Waals surface area contributed by atoms with Crippen molar-refractivity contribution in [2.75, 3.05) is 32.3 Å². The van der Waals surface area contributed by atoms with Gasteiger partial charge in [0.25, 0.3) is 5.91 Å². The third-order valence-corrected chi connectivity index (χ3v) is 2.72. The Balaban J connectivity index is 3.07. The molecule has 0 aliphatic heterocycles. The van der Waals surface area contributed by atoms with Crippen molar-refractivity contribution in [1.82, 2.24) is 0 Å². The van der Waals surface area contributed by atoms with Crippen molar-refractivity contribution < 1.29 is 14.4 Å². The molecule has 5 heteroatoms. The number of hydrogen-bond donors (Lipinski definition) is 0. The molecule has 0 aliphatic rings. The quantitative estimate of drug-likeness (QED) is 0.582. The molecule has 0 N–H and O–H groups in total. The minimum Gasteiger partial charge on any atom is -0.399 e. The van der Waals surface area contributed by atoms with Crippen molar-refractivity contribution in [3.8, 4) is 0 Å². The van der Waals surface area contributed by atoms with Gasteiger partial charge in [0.2, 0.25) is 0 Å². The van der Waals surface area contributed by atoms with E-state index in [1.807, 2.05) is 32.0 Å². The summed E-state index contributed by atoms with van der Waals surface area (Å²) in [7, 11) is 2.97. The van der Waals surface area contributed by atoms with E-state index in [9.17, 15) is 4.79 Å². The molecule has 0 atom stereocenters. The summed E-state index contributed by atoms with van der Waals surface area (Å²) in [6, 6.07) is 5.92. The zero-order valence-corrected chi connectivity index (χ0v) is 11.8. The fraction of sp³-hybridized carbons (Fsp3) is 0.429. The van der Waals surface area contributed by atoms with Crippen molar-refractivity contribution in [2.45, 2.75) is 13.8 Å². The number of amides is 1. The molecule has 0 spiro atoms. The van der Waals surface area contributed by atoms with E-state index in [0.717, 1.165) is 16.8 Å². The molecule has 1 aromatic rings. The van der Waals surface area contributed by atoms with Crippen LogP contribution in [0.4, 0.5) is 5.69 Å². The first kappa shape index (κ1) is 15.2. The van der Waals surface area contributed by atoms with Gasteiger partial charge in [-0.1, -0.05) is 23.4 Å². The van der Waals surface area contributed by atoms with Crippen LogP contribution in [-0.2, 0) is 14.4 Å². The van der Waals surface area contributed by atoms with E-state index in [4.69, 9.17) is 4.74 Å². The average Bonchev–Trinajstić information content (AvgIpc) is 2.37. The highest BCUT2D eigenvalue weighted by Gasteiger charge is 2.18. The lowest BCUT2D eigenvalue weighted by atomic mass is 10.1. The SMILES string of the molecule is COCC(=O)N(CC=NOC)c1c(C)cccc1C. The van der Waals surface area contributed by atoms with Gasteiger partial charge in [0.1, 0.15) is 13.7 Å². The van der Waals surface area contributed by atoms with Gasteiger partial charge in [-0.2, -0.15) is 0 Å². The second kappa shape index (κ2) is 7.53. The largest absolute Gasteiger partial charge is 0.399 e. The summed E-state index contributed by atoms with van der Waals surface area (Å²) < 4.78 is 4.93. The van der Waals surface area contributed by atoms with Crippen LogP contribution in [0.5, 0.6) is 0 Å². The highest BCUT2D eigenvalue weighted by molar-refractivity contribution is 5.98. The lowest BCUT2D eigenvalue weighted by Crippen LogP contribution is -2.36. The Bertz CT molecular complexity index is 438. The molecule has 104 valence electrons. The van der Waals surface area contributed by atoms with E-state index in [1.165, 1.54) is 14.2 Å². The number of anilines is 1. The number of aryl methyl sites for hydroxylation is 2. The van der Waals surface area contributed by atoms with Crippen LogP contribution in [0.2, 0.25) is 0 Å². The van der Waals surface area contributed by atoms with E-state index in [1.54, 1.807) is 11.1 Å². The smallest absolute Gasteiger partial charge is 0.253 e. The van der Waals surface area contributed by atoms with Crippen molar-refractivity contribution in [3.63, 3.8) is 0 Å². The predicted octanol–water partition coefficient (Wildman–Crippen LogP) is 1.92. The molecule has 1 rings (SSSR count). The van der Waals surface area contributed by atoms with Crippen LogP contribution in [-0.4, -0.2) is 39.5 Å². The maximum atomic E-state index is 12.1. The second-order valence-electron chi connectivity index (χ2n) is 4.15. The molecule has 0 unspecified atom stereocenters. The molecule has 0 fully saturated rings. The highest BCUT2D eigenvalue weighted by Crippen LogP contribution is 2.24. The molecule has 0 bridgehead atoms. The zero-order chi connectivity index (χ0) is 14.3. The van der Waals surface area contributed by atoms with Gasteiger partial charge < -0.3 is 14.5 Å². The third-order valence-electron chi connectivity index (χ3n) is 2.72. The number of carbonyl (C=O) groups excluding carboxylic acids is 1. The molecular formula is C14H20N2O3. The van der Waals surface area contributed by atoms with E-state index in [-0.39, 0.29) is 12.5 Å². The molecule has 19 heavy (non-hydrogen) atoms. The van der Waals surface area contributed by atoms with Gasteiger partial charge in [0.15, 0.2) is 0 Å². The van der Waals surface area contributed by atoms with Crippen LogP contribution < -0.4 is 4.90 Å². The fourth-order valence-electron chi connectivity index (χ4n) is 1.94. The van der Waals surface area contributed by atoms with Crippen LogP contribution in [0.25, 0.3) is 0 Å². The molecule has 0 aliphatic carbocycles. The van der Waals surface area contributed by atoms with Gasteiger partial charge >= 0.3 is 0 Å². The first-order valence-corrected chi connectivity index (χ1v) is 6.02. The van der Waals surface area contributed by atoms with Crippen molar-refractivity contribution in [3.05, 3.63) is 29.3 Å². The standard InChI is InChI=1S/C14H20N2O3/c1-11-6-5-7-12(2)14(11)16(9-8-15-19-4)13(17)10-18-3/h5-8H,9-10H2,1-4H3. The minimum absolute atomic E-state index is 0.0363. The van der Waals surface area contributed by atoms with Crippen LogP contribution in [0, 0.1) is 13.8 Å². The number of benzene rings is 1. The molecule has 1 aromatic carbocycles. The molecule has 1 amide bonds. The zero-order valence-electron chi connectivity index (χ0n) is 11.8. The van der Waals surface area contributed by atoms with Gasteiger partial charge in [-0.25, -0.2) is 0 Å². The maximum Gasteiger partial charge on any atom is 0.253 e. The van der Waals surface area contributed by atoms with Crippen molar-refractivity contribution in [2.24, 2.45) is 5.16 Å². The Morgan fingerprint density at radius 2 is 1.95 bits per heavy atom. The van der Waals surface area contributed by atoms with Gasteiger partial charge in [-0.05, 0) is 25.0 Å². The van der Waals surface area contributed by atoms with Gasteiger partial charge in [-0.3, -0.25) is 4.79 Å². The summed E-state index contributed by atoms with van der Waals surface area (Å²) >= 11 is 0. The Hall–Kier alpha value is -1.88. The Labute approximate surface area is 113 Å². The molecule has 5 nitrogen and oxygen atoms in total. The summed E-state index contributed by atoms with van der Waals surface area (Å²) in [6.07, 6.45) is 1.56. The molecule has 0 aromatic heterocycles. The Morgan fingerprint density at radius 3 is 2.47 bits per heavy atom. The summed E-state index contributed by atoms with van der Waals surface area (Å²) in [5.74, 6) is -0.109. The van der Waals surface area contributed by atoms with E-state index in [0.29, 0.717) is 6.54 Å². The lowest BCUT2D eigenvalue weighted by Gasteiger charge is -2.24. The number of ether oxygens (including phenoxy) is 1. The number of oxime groups is 1. The number of para-hydroxylation sites is 1. The van der Waals surface area contributed by atoms with Crippen LogP contribution >= 0.6 is 0 Å². The molecular weight excluding hydrogens is 244 g/mol. The van der Waals surface area contributed by atoms with E-state index >= 15 is 0 Å². The summed E-state index contributed by atoms with van der Waals surface area (Å²) in [4.78, 5) is 18.4. The van der Waals surface area contributed by atoms with Crippen LogP contribution in [0.1, 0.15) is 11.1 Å². The van der Waals surface area contributed by atoms with Gasteiger partial charge in [0, 0.05) is 12.8 Å². The first-order chi connectivity index (χ1) is 9.11. The van der Waals surface area contributed by atoms with Crippen molar-refractivity contribution >= 4 is 17.8 Å². The number of rotatable bonds is 6. The minimum atomic E-state index is -0.109. The third kappa shape index (κ3) is 4.06. The molecule has 0 heterocycles. The van der Waals surface area contributed by atoms with Crippen LogP contribution in [0.15, 0.2) is 23.4 Å². The molecule has 0 saturated heterocycles. The monoisotopic (exact) mass is 264 g/mol. The summed E-state index contributed by atoms with van der Waals surface area (Å²) in [6.45, 7) is 4.34. The predicted molar refractivity (Wildman–Crippen MR) is 75.6 cm³/mol. The Morgan fingerprint density at radius 1 is 1.32 bits per heavy atom.